The van der Waals surface area contributed by atoms with Gasteiger partial charge in [-0.15, -0.1) is 11.3 Å². The van der Waals surface area contributed by atoms with Crippen LogP contribution in [0.1, 0.15) is 40.3 Å². The minimum Gasteiger partial charge on any atom is -0.299 e. The number of benzene rings is 1. The Bertz CT molecular complexity index is 644. The highest BCUT2D eigenvalue weighted by Gasteiger charge is 2.27. The highest BCUT2D eigenvalue weighted by atomic mass is 35.5. The molecule has 0 radical (unpaired) electrons. The lowest BCUT2D eigenvalue weighted by atomic mass is 9.83. The van der Waals surface area contributed by atoms with Crippen LogP contribution in [-0.4, -0.2) is 5.78 Å². The Morgan fingerprint density at radius 3 is 3.05 bits per heavy atom. The second kappa shape index (κ2) is 5.71. The van der Waals surface area contributed by atoms with Crippen molar-refractivity contribution >= 4 is 28.7 Å². The molecule has 0 fully saturated rings. The minimum atomic E-state index is 0.0716. The van der Waals surface area contributed by atoms with Crippen molar-refractivity contribution in [3.05, 3.63) is 56.2 Å². The molecule has 1 aliphatic carbocycles. The molecule has 1 heterocycles. The highest BCUT2D eigenvalue weighted by molar-refractivity contribution is 7.10. The standard InChI is InChI=1S/C17H17ClOS/c1-11-5-6-12(15(18)9-11)10-16(19)13-3-2-4-17-14(13)7-8-20-17/h5-9,13H,2-4,10H2,1H3. The van der Waals surface area contributed by atoms with Gasteiger partial charge < -0.3 is 0 Å². The van der Waals surface area contributed by atoms with Gasteiger partial charge in [0.05, 0.1) is 0 Å². The number of carbonyl (C=O) groups excluding carboxylic acids is 1. The smallest absolute Gasteiger partial charge is 0.144 e. The van der Waals surface area contributed by atoms with Crippen molar-refractivity contribution in [2.24, 2.45) is 0 Å². The van der Waals surface area contributed by atoms with E-state index in [2.05, 4.69) is 11.4 Å². The van der Waals surface area contributed by atoms with Crippen LogP contribution in [0.2, 0.25) is 5.02 Å². The van der Waals surface area contributed by atoms with Crippen molar-refractivity contribution in [2.75, 3.05) is 0 Å². The summed E-state index contributed by atoms with van der Waals surface area (Å²) < 4.78 is 0. The number of halogens is 1. The fraction of sp³-hybridized carbons (Fsp3) is 0.353. The largest absolute Gasteiger partial charge is 0.299 e. The summed E-state index contributed by atoms with van der Waals surface area (Å²) >= 11 is 8.02. The Balaban J connectivity index is 1.81. The lowest BCUT2D eigenvalue weighted by molar-refractivity contribution is -0.120. The molecule has 2 aromatic rings. The van der Waals surface area contributed by atoms with E-state index in [1.54, 1.807) is 11.3 Å². The molecule has 1 nitrogen and oxygen atoms in total. The van der Waals surface area contributed by atoms with Gasteiger partial charge in [-0.25, -0.2) is 0 Å². The Labute approximate surface area is 128 Å². The van der Waals surface area contributed by atoms with Crippen LogP contribution >= 0.6 is 22.9 Å². The molecule has 0 bridgehead atoms. The molecule has 104 valence electrons. The Kier molecular flexibility index (Phi) is 3.95. The molecule has 20 heavy (non-hydrogen) atoms. The van der Waals surface area contributed by atoms with Gasteiger partial charge in [0, 0.05) is 22.2 Å². The summed E-state index contributed by atoms with van der Waals surface area (Å²) in [5.74, 6) is 0.373. The molecule has 3 heteroatoms. The van der Waals surface area contributed by atoms with Crippen molar-refractivity contribution in [2.45, 2.75) is 38.5 Å². The van der Waals surface area contributed by atoms with Crippen molar-refractivity contribution in [3.63, 3.8) is 0 Å². The van der Waals surface area contributed by atoms with E-state index in [1.807, 2.05) is 25.1 Å². The van der Waals surface area contributed by atoms with Gasteiger partial charge in [-0.05, 0) is 60.4 Å². The van der Waals surface area contributed by atoms with E-state index in [0.717, 1.165) is 30.4 Å². The number of rotatable bonds is 3. The SMILES string of the molecule is Cc1ccc(CC(=O)C2CCCc3sccc32)c(Cl)c1. The average Bonchev–Trinajstić information content (AvgIpc) is 2.90. The first-order chi connectivity index (χ1) is 9.65. The summed E-state index contributed by atoms with van der Waals surface area (Å²) in [5.41, 5.74) is 3.34. The predicted molar refractivity (Wildman–Crippen MR) is 84.9 cm³/mol. The highest BCUT2D eigenvalue weighted by Crippen LogP contribution is 2.36. The summed E-state index contributed by atoms with van der Waals surface area (Å²) in [6, 6.07) is 8.05. The van der Waals surface area contributed by atoms with E-state index >= 15 is 0 Å². The number of thiophene rings is 1. The molecule has 3 rings (SSSR count). The predicted octanol–water partition coefficient (Wildman–Crippen LogP) is 4.94. The number of Topliss-reactive ketones (excluding diaryl/α,β-unsaturated/α-hetero) is 1. The molecule has 1 aromatic carbocycles. The van der Waals surface area contributed by atoms with Gasteiger partial charge in [-0.2, -0.15) is 0 Å². The van der Waals surface area contributed by atoms with Crippen LogP contribution in [0.4, 0.5) is 0 Å². The Hall–Kier alpha value is -1.12. The van der Waals surface area contributed by atoms with Crippen LogP contribution < -0.4 is 0 Å². The maximum Gasteiger partial charge on any atom is 0.144 e. The van der Waals surface area contributed by atoms with E-state index in [4.69, 9.17) is 11.6 Å². The van der Waals surface area contributed by atoms with Crippen molar-refractivity contribution in [3.8, 4) is 0 Å². The summed E-state index contributed by atoms with van der Waals surface area (Å²) in [5, 5.41) is 2.81. The summed E-state index contributed by atoms with van der Waals surface area (Å²) in [6.45, 7) is 2.01. The number of hydrogen-bond donors (Lipinski definition) is 0. The fourth-order valence-electron chi connectivity index (χ4n) is 2.93. The number of fused-ring (bicyclic) bond motifs is 1. The van der Waals surface area contributed by atoms with Crippen LogP contribution in [0.25, 0.3) is 0 Å². The van der Waals surface area contributed by atoms with Gasteiger partial charge >= 0.3 is 0 Å². The summed E-state index contributed by atoms with van der Waals surface area (Å²) in [7, 11) is 0. The molecule has 0 spiro atoms. The zero-order valence-corrected chi connectivity index (χ0v) is 13.1. The maximum atomic E-state index is 12.6. The number of aryl methyl sites for hydroxylation is 2. The van der Waals surface area contributed by atoms with Gasteiger partial charge in [0.25, 0.3) is 0 Å². The Morgan fingerprint density at radius 1 is 1.40 bits per heavy atom. The lowest BCUT2D eigenvalue weighted by Gasteiger charge is -2.21. The first-order valence-electron chi connectivity index (χ1n) is 6.99. The molecular formula is C17H17ClOS. The monoisotopic (exact) mass is 304 g/mol. The topological polar surface area (TPSA) is 17.1 Å². The van der Waals surface area contributed by atoms with Crippen LogP contribution in [0.5, 0.6) is 0 Å². The van der Waals surface area contributed by atoms with Crippen LogP contribution in [0.15, 0.2) is 29.6 Å². The van der Waals surface area contributed by atoms with E-state index in [1.165, 1.54) is 10.4 Å². The fourth-order valence-corrected chi connectivity index (χ4v) is 4.22. The zero-order valence-electron chi connectivity index (χ0n) is 11.5. The molecule has 0 amide bonds. The van der Waals surface area contributed by atoms with E-state index < -0.39 is 0 Å². The van der Waals surface area contributed by atoms with E-state index in [9.17, 15) is 4.79 Å². The van der Waals surface area contributed by atoms with Crippen molar-refractivity contribution in [1.29, 1.82) is 0 Å². The molecule has 1 atom stereocenters. The Morgan fingerprint density at radius 2 is 2.25 bits per heavy atom. The van der Waals surface area contributed by atoms with Gasteiger partial charge in [0.15, 0.2) is 0 Å². The molecule has 0 aliphatic heterocycles. The third-order valence-electron chi connectivity index (χ3n) is 4.01. The van der Waals surface area contributed by atoms with Gasteiger partial charge in [-0.3, -0.25) is 4.79 Å². The molecule has 0 saturated heterocycles. The average molecular weight is 305 g/mol. The molecule has 1 unspecified atom stereocenters. The molecule has 1 aromatic heterocycles. The number of carbonyl (C=O) groups is 1. The van der Waals surface area contributed by atoms with Crippen LogP contribution in [-0.2, 0) is 17.6 Å². The van der Waals surface area contributed by atoms with Crippen molar-refractivity contribution < 1.29 is 4.79 Å². The van der Waals surface area contributed by atoms with Gasteiger partial charge in [-0.1, -0.05) is 23.7 Å². The van der Waals surface area contributed by atoms with E-state index in [-0.39, 0.29) is 5.92 Å². The first kappa shape index (κ1) is 13.8. The second-order valence-electron chi connectivity index (χ2n) is 5.48. The van der Waals surface area contributed by atoms with Gasteiger partial charge in [0.2, 0.25) is 0 Å². The summed E-state index contributed by atoms with van der Waals surface area (Å²) in [6.07, 6.45) is 3.67. The quantitative estimate of drug-likeness (QED) is 0.785. The van der Waals surface area contributed by atoms with E-state index in [0.29, 0.717) is 17.2 Å². The third-order valence-corrected chi connectivity index (χ3v) is 5.36. The minimum absolute atomic E-state index is 0.0716. The van der Waals surface area contributed by atoms with Crippen LogP contribution in [0.3, 0.4) is 0 Å². The van der Waals surface area contributed by atoms with Crippen molar-refractivity contribution in [1.82, 2.24) is 0 Å². The lowest BCUT2D eigenvalue weighted by Crippen LogP contribution is -2.19. The molecular weight excluding hydrogens is 288 g/mol. The normalized spacial score (nSPS) is 17.8. The molecule has 0 N–H and O–H groups in total. The first-order valence-corrected chi connectivity index (χ1v) is 8.25. The maximum absolute atomic E-state index is 12.6. The third kappa shape index (κ3) is 2.68. The number of hydrogen-bond acceptors (Lipinski definition) is 2. The zero-order chi connectivity index (χ0) is 14.1. The molecule has 0 saturated carbocycles. The summed E-state index contributed by atoms with van der Waals surface area (Å²) in [4.78, 5) is 14.0. The van der Waals surface area contributed by atoms with Gasteiger partial charge in [0.1, 0.15) is 5.78 Å². The van der Waals surface area contributed by atoms with Crippen LogP contribution in [0, 0.1) is 6.92 Å². The second-order valence-corrected chi connectivity index (χ2v) is 6.89. The molecule has 1 aliphatic rings. The number of ketones is 1.